The van der Waals surface area contributed by atoms with Crippen LogP contribution in [0.3, 0.4) is 0 Å². The molecule has 110 valence electrons. The van der Waals surface area contributed by atoms with Gasteiger partial charge in [0.2, 0.25) is 0 Å². The third-order valence-corrected chi connectivity index (χ3v) is 5.13. The number of nitrogens with one attached hydrogen (secondary N) is 1. The van der Waals surface area contributed by atoms with Crippen LogP contribution in [-0.2, 0) is 6.54 Å². The van der Waals surface area contributed by atoms with Crippen molar-refractivity contribution in [2.24, 2.45) is 0 Å². The van der Waals surface area contributed by atoms with Gasteiger partial charge in [-0.25, -0.2) is 0 Å². The zero-order valence-electron chi connectivity index (χ0n) is 12.8. The highest BCUT2D eigenvalue weighted by Crippen LogP contribution is 2.34. The van der Waals surface area contributed by atoms with Crippen LogP contribution in [0.5, 0.6) is 0 Å². The topological polar surface area (TPSA) is 15.3 Å². The highest BCUT2D eigenvalue weighted by Gasteiger charge is 2.29. The first-order chi connectivity index (χ1) is 9.90. The third-order valence-electron chi connectivity index (χ3n) is 5.13. The molecule has 1 heterocycles. The molecule has 0 spiro atoms. The summed E-state index contributed by atoms with van der Waals surface area (Å²) in [5.74, 6) is 0. The second kappa shape index (κ2) is 6.73. The molecule has 3 rings (SSSR count). The van der Waals surface area contributed by atoms with E-state index in [1.807, 2.05) is 0 Å². The Kier molecular flexibility index (Phi) is 4.74. The first-order valence-corrected chi connectivity index (χ1v) is 8.44. The van der Waals surface area contributed by atoms with Crippen LogP contribution in [0.1, 0.15) is 62.6 Å². The lowest BCUT2D eigenvalue weighted by atomic mass is 9.90. The van der Waals surface area contributed by atoms with E-state index in [4.69, 9.17) is 0 Å². The molecule has 1 N–H and O–H groups in total. The average molecular weight is 272 g/mol. The fourth-order valence-electron chi connectivity index (χ4n) is 4.13. The molecule has 0 bridgehead atoms. The lowest BCUT2D eigenvalue weighted by molar-refractivity contribution is 0.106. The quantitative estimate of drug-likeness (QED) is 0.898. The Morgan fingerprint density at radius 3 is 2.70 bits per heavy atom. The molecular formula is C18H28N2. The summed E-state index contributed by atoms with van der Waals surface area (Å²) >= 11 is 0. The molecule has 1 aromatic carbocycles. The number of fused-ring (bicyclic) bond motifs is 1. The molecule has 2 aliphatic rings. The molecule has 1 atom stereocenters. The van der Waals surface area contributed by atoms with E-state index in [2.05, 4.69) is 41.4 Å². The Hall–Kier alpha value is -0.860. The summed E-state index contributed by atoms with van der Waals surface area (Å²) in [6.07, 6.45) is 8.35. The molecule has 2 nitrogen and oxygen atoms in total. The molecule has 0 aromatic heterocycles. The minimum atomic E-state index is 0.620. The van der Waals surface area contributed by atoms with Gasteiger partial charge in [0.05, 0.1) is 0 Å². The molecule has 1 aromatic rings. The highest BCUT2D eigenvalue weighted by atomic mass is 15.2. The van der Waals surface area contributed by atoms with E-state index in [0.717, 1.165) is 19.1 Å². The van der Waals surface area contributed by atoms with E-state index in [1.54, 1.807) is 5.56 Å². The van der Waals surface area contributed by atoms with Crippen molar-refractivity contribution in [2.45, 2.75) is 64.1 Å². The van der Waals surface area contributed by atoms with Crippen molar-refractivity contribution in [3.05, 3.63) is 35.4 Å². The molecule has 1 aliphatic carbocycles. The summed E-state index contributed by atoms with van der Waals surface area (Å²) in [7, 11) is 0. The number of rotatable bonds is 3. The van der Waals surface area contributed by atoms with Crippen molar-refractivity contribution in [2.75, 3.05) is 13.1 Å². The summed E-state index contributed by atoms with van der Waals surface area (Å²) < 4.78 is 0. The Labute approximate surface area is 123 Å². The van der Waals surface area contributed by atoms with Gasteiger partial charge in [0.1, 0.15) is 0 Å². The monoisotopic (exact) mass is 272 g/mol. The maximum absolute atomic E-state index is 3.59. The van der Waals surface area contributed by atoms with E-state index >= 15 is 0 Å². The second-order valence-corrected chi connectivity index (χ2v) is 6.30. The van der Waals surface area contributed by atoms with Crippen molar-refractivity contribution in [3.8, 4) is 0 Å². The zero-order valence-corrected chi connectivity index (χ0v) is 12.8. The minimum absolute atomic E-state index is 0.620. The summed E-state index contributed by atoms with van der Waals surface area (Å²) in [5, 5.41) is 3.59. The lowest BCUT2D eigenvalue weighted by Gasteiger charge is -2.39. The lowest BCUT2D eigenvalue weighted by Crippen LogP contribution is -2.40. The summed E-state index contributed by atoms with van der Waals surface area (Å²) in [6, 6.07) is 10.5. The van der Waals surface area contributed by atoms with E-state index in [9.17, 15) is 0 Å². The van der Waals surface area contributed by atoms with E-state index < -0.39 is 0 Å². The van der Waals surface area contributed by atoms with Crippen LogP contribution in [0.25, 0.3) is 0 Å². The normalized spacial score (nSPS) is 24.4. The molecule has 1 saturated carbocycles. The number of hydrogen-bond acceptors (Lipinski definition) is 2. The van der Waals surface area contributed by atoms with Gasteiger partial charge in [-0.2, -0.15) is 0 Å². The van der Waals surface area contributed by atoms with Crippen LogP contribution in [-0.4, -0.2) is 24.0 Å². The molecule has 1 unspecified atom stereocenters. The van der Waals surface area contributed by atoms with E-state index in [-0.39, 0.29) is 0 Å². The standard InChI is InChI=1S/C18H28N2/c1-2-20(16-9-4-3-5-10-16)18-12-13-19-14-15-8-6-7-11-17(15)18/h6-8,11,16,18-19H,2-5,9-10,12-14H2,1H3. The Morgan fingerprint density at radius 1 is 1.10 bits per heavy atom. The van der Waals surface area contributed by atoms with E-state index in [1.165, 1.54) is 50.6 Å². The zero-order chi connectivity index (χ0) is 13.8. The van der Waals surface area contributed by atoms with Gasteiger partial charge in [0.15, 0.2) is 0 Å². The minimum Gasteiger partial charge on any atom is -0.313 e. The van der Waals surface area contributed by atoms with E-state index in [0.29, 0.717) is 6.04 Å². The highest BCUT2D eigenvalue weighted by molar-refractivity contribution is 5.31. The van der Waals surface area contributed by atoms with Crippen LogP contribution in [0, 0.1) is 0 Å². The number of nitrogens with zero attached hydrogens (tertiary/aromatic N) is 1. The molecule has 1 aliphatic heterocycles. The summed E-state index contributed by atoms with van der Waals surface area (Å²) in [6.45, 7) is 5.71. The smallest absolute Gasteiger partial charge is 0.0366 e. The number of hydrogen-bond donors (Lipinski definition) is 1. The summed E-state index contributed by atoms with van der Waals surface area (Å²) in [5.41, 5.74) is 3.08. The Morgan fingerprint density at radius 2 is 1.90 bits per heavy atom. The van der Waals surface area contributed by atoms with Gasteiger partial charge in [-0.15, -0.1) is 0 Å². The maximum atomic E-state index is 3.59. The van der Waals surface area contributed by atoms with Gasteiger partial charge in [-0.05, 0) is 43.5 Å². The molecule has 20 heavy (non-hydrogen) atoms. The van der Waals surface area contributed by atoms with Crippen LogP contribution in [0.15, 0.2) is 24.3 Å². The van der Waals surface area contributed by atoms with Crippen molar-refractivity contribution in [3.63, 3.8) is 0 Å². The van der Waals surface area contributed by atoms with Crippen LogP contribution in [0.2, 0.25) is 0 Å². The SMILES string of the molecule is CCN(C1CCCCC1)C1CCNCc2ccccc21. The number of benzene rings is 1. The van der Waals surface area contributed by atoms with Crippen LogP contribution >= 0.6 is 0 Å². The summed E-state index contributed by atoms with van der Waals surface area (Å²) in [4.78, 5) is 2.80. The maximum Gasteiger partial charge on any atom is 0.0366 e. The molecule has 2 heteroatoms. The van der Waals surface area contributed by atoms with Crippen molar-refractivity contribution in [1.82, 2.24) is 10.2 Å². The second-order valence-electron chi connectivity index (χ2n) is 6.30. The van der Waals surface area contributed by atoms with Gasteiger partial charge in [-0.1, -0.05) is 50.5 Å². The van der Waals surface area contributed by atoms with Crippen molar-refractivity contribution >= 4 is 0 Å². The average Bonchev–Trinajstić information content (AvgIpc) is 2.72. The van der Waals surface area contributed by atoms with Gasteiger partial charge >= 0.3 is 0 Å². The Balaban J connectivity index is 1.86. The largest absolute Gasteiger partial charge is 0.313 e. The molecule has 0 radical (unpaired) electrons. The van der Waals surface area contributed by atoms with Crippen LogP contribution < -0.4 is 5.32 Å². The predicted octanol–water partition coefficient (Wildman–Crippen LogP) is 3.88. The van der Waals surface area contributed by atoms with Gasteiger partial charge < -0.3 is 5.32 Å². The Bertz CT molecular complexity index is 423. The van der Waals surface area contributed by atoms with Gasteiger partial charge in [0, 0.05) is 18.6 Å². The van der Waals surface area contributed by atoms with Crippen LogP contribution in [0.4, 0.5) is 0 Å². The fraction of sp³-hybridized carbons (Fsp3) is 0.667. The fourth-order valence-corrected chi connectivity index (χ4v) is 4.13. The van der Waals surface area contributed by atoms with Gasteiger partial charge in [0.25, 0.3) is 0 Å². The molecule has 0 amide bonds. The first kappa shape index (κ1) is 14.1. The van der Waals surface area contributed by atoms with Crippen molar-refractivity contribution < 1.29 is 0 Å². The van der Waals surface area contributed by atoms with Gasteiger partial charge in [-0.3, -0.25) is 4.90 Å². The molecule has 0 saturated heterocycles. The molecule has 1 fully saturated rings. The van der Waals surface area contributed by atoms with Crippen molar-refractivity contribution in [1.29, 1.82) is 0 Å². The molecular weight excluding hydrogens is 244 g/mol. The predicted molar refractivity (Wildman–Crippen MR) is 84.8 cm³/mol. The first-order valence-electron chi connectivity index (χ1n) is 8.44. The third kappa shape index (κ3) is 2.91.